The second kappa shape index (κ2) is 7.37. The molecule has 2 atom stereocenters. The molecule has 0 radical (unpaired) electrons. The fourth-order valence-electron chi connectivity index (χ4n) is 2.87. The van der Waals surface area contributed by atoms with Gasteiger partial charge in [0.2, 0.25) is 15.9 Å². The lowest BCUT2D eigenvalue weighted by Gasteiger charge is -2.31. The summed E-state index contributed by atoms with van der Waals surface area (Å²) in [5, 5.41) is 2.28. The highest BCUT2D eigenvalue weighted by Crippen LogP contribution is 2.26. The molecule has 4 N–H and O–H groups in total. The number of benzene rings is 1. The van der Waals surface area contributed by atoms with Crippen molar-refractivity contribution in [1.82, 2.24) is 4.72 Å². The number of hydrogen-bond donors (Lipinski definition) is 3. The van der Waals surface area contributed by atoms with E-state index in [1.54, 1.807) is 0 Å². The molecule has 1 aromatic carbocycles. The van der Waals surface area contributed by atoms with Crippen LogP contribution in [0, 0.1) is 11.7 Å². The standard InChI is InChI=1S/C15H22FN3O3S/c1-10(20)18-15-8-12(6-7-13(15)16)23(21,22)19-14-5-3-2-4-11(14)9-17/h6-8,11,14,19H,2-5,9,17H2,1H3,(H,18,20). The van der Waals surface area contributed by atoms with Crippen LogP contribution in [0.2, 0.25) is 0 Å². The van der Waals surface area contributed by atoms with E-state index < -0.39 is 21.7 Å². The average molecular weight is 343 g/mol. The van der Waals surface area contributed by atoms with E-state index in [9.17, 15) is 17.6 Å². The predicted octanol–water partition coefficient (Wildman–Crippen LogP) is 1.58. The van der Waals surface area contributed by atoms with Crippen LogP contribution in [0.15, 0.2) is 23.1 Å². The van der Waals surface area contributed by atoms with Gasteiger partial charge in [0.25, 0.3) is 0 Å². The molecule has 1 aromatic rings. The molecule has 8 heteroatoms. The predicted molar refractivity (Wildman–Crippen MR) is 85.8 cm³/mol. The molecule has 0 saturated heterocycles. The van der Waals surface area contributed by atoms with Gasteiger partial charge in [-0.25, -0.2) is 17.5 Å². The molecule has 2 rings (SSSR count). The highest BCUT2D eigenvalue weighted by Gasteiger charge is 2.29. The summed E-state index contributed by atoms with van der Waals surface area (Å²) < 4.78 is 41.4. The topological polar surface area (TPSA) is 101 Å². The van der Waals surface area contributed by atoms with Gasteiger partial charge >= 0.3 is 0 Å². The van der Waals surface area contributed by atoms with Crippen LogP contribution in [0.3, 0.4) is 0 Å². The number of halogens is 1. The lowest BCUT2D eigenvalue weighted by atomic mass is 9.85. The molecule has 2 unspecified atom stereocenters. The number of sulfonamides is 1. The lowest BCUT2D eigenvalue weighted by Crippen LogP contribution is -2.44. The second-order valence-corrected chi connectivity index (χ2v) is 7.54. The first kappa shape index (κ1) is 17.8. The molecule has 0 bridgehead atoms. The van der Waals surface area contributed by atoms with Gasteiger partial charge in [0.15, 0.2) is 0 Å². The number of nitrogens with two attached hydrogens (primary N) is 1. The van der Waals surface area contributed by atoms with E-state index in [0.29, 0.717) is 6.54 Å². The number of carbonyl (C=O) groups is 1. The Hall–Kier alpha value is -1.51. The average Bonchev–Trinajstić information content (AvgIpc) is 2.49. The van der Waals surface area contributed by atoms with Crippen LogP contribution < -0.4 is 15.8 Å². The van der Waals surface area contributed by atoms with Crippen molar-refractivity contribution in [2.45, 2.75) is 43.5 Å². The van der Waals surface area contributed by atoms with Gasteiger partial charge in [-0.2, -0.15) is 0 Å². The first-order valence-electron chi connectivity index (χ1n) is 7.63. The molecular formula is C15H22FN3O3S. The van der Waals surface area contributed by atoms with Crippen molar-refractivity contribution < 1.29 is 17.6 Å². The van der Waals surface area contributed by atoms with E-state index in [1.807, 2.05) is 0 Å². The minimum absolute atomic E-state index is 0.0796. The summed E-state index contributed by atoms with van der Waals surface area (Å²) in [7, 11) is -3.80. The third kappa shape index (κ3) is 4.49. The Balaban J connectivity index is 2.23. The zero-order chi connectivity index (χ0) is 17.0. The summed E-state index contributed by atoms with van der Waals surface area (Å²) in [5.41, 5.74) is 5.56. The van der Waals surface area contributed by atoms with Gasteiger partial charge in [0, 0.05) is 13.0 Å². The highest BCUT2D eigenvalue weighted by atomic mass is 32.2. The maximum Gasteiger partial charge on any atom is 0.240 e. The third-order valence-corrected chi connectivity index (χ3v) is 5.56. The van der Waals surface area contributed by atoms with Crippen molar-refractivity contribution in [2.24, 2.45) is 11.7 Å². The number of nitrogens with one attached hydrogen (secondary N) is 2. The van der Waals surface area contributed by atoms with Crippen LogP contribution in [0.1, 0.15) is 32.6 Å². The molecule has 0 spiro atoms. The van der Waals surface area contributed by atoms with Crippen LogP contribution >= 0.6 is 0 Å². The van der Waals surface area contributed by atoms with Crippen molar-refractivity contribution in [3.05, 3.63) is 24.0 Å². The monoisotopic (exact) mass is 343 g/mol. The quantitative estimate of drug-likeness (QED) is 0.755. The summed E-state index contributed by atoms with van der Waals surface area (Å²) in [6.07, 6.45) is 3.62. The molecule has 0 heterocycles. The van der Waals surface area contributed by atoms with Gasteiger partial charge in [-0.05, 0) is 43.5 Å². The molecule has 0 aliphatic heterocycles. The Labute approximate surface area is 135 Å². The van der Waals surface area contributed by atoms with Gasteiger partial charge in [0.1, 0.15) is 5.82 Å². The van der Waals surface area contributed by atoms with Crippen LogP contribution in [0.5, 0.6) is 0 Å². The molecule has 1 amide bonds. The molecule has 6 nitrogen and oxygen atoms in total. The van der Waals surface area contributed by atoms with Gasteiger partial charge in [-0.15, -0.1) is 0 Å². The maximum atomic E-state index is 13.6. The molecule has 1 aliphatic carbocycles. The molecule has 0 aromatic heterocycles. The first-order chi connectivity index (χ1) is 10.8. The molecule has 1 saturated carbocycles. The Morgan fingerprint density at radius 2 is 2.04 bits per heavy atom. The van der Waals surface area contributed by atoms with E-state index in [2.05, 4.69) is 10.0 Å². The van der Waals surface area contributed by atoms with E-state index >= 15 is 0 Å². The van der Waals surface area contributed by atoms with Crippen molar-refractivity contribution in [3.8, 4) is 0 Å². The molecule has 1 fully saturated rings. The number of hydrogen-bond acceptors (Lipinski definition) is 4. The highest BCUT2D eigenvalue weighted by molar-refractivity contribution is 7.89. The van der Waals surface area contributed by atoms with Gasteiger partial charge in [-0.1, -0.05) is 12.8 Å². The Morgan fingerprint density at radius 1 is 1.35 bits per heavy atom. The number of carbonyl (C=O) groups excluding carboxylic acids is 1. The Morgan fingerprint density at radius 3 is 2.70 bits per heavy atom. The minimum atomic E-state index is -3.80. The van der Waals surface area contributed by atoms with Crippen LogP contribution in [0.4, 0.5) is 10.1 Å². The summed E-state index contributed by atoms with van der Waals surface area (Å²) in [6.45, 7) is 1.65. The summed E-state index contributed by atoms with van der Waals surface area (Å²) in [6, 6.07) is 3.12. The molecular weight excluding hydrogens is 321 g/mol. The van der Waals surface area contributed by atoms with Crippen LogP contribution in [0.25, 0.3) is 0 Å². The first-order valence-corrected chi connectivity index (χ1v) is 9.11. The zero-order valence-electron chi connectivity index (χ0n) is 13.0. The number of amides is 1. The van der Waals surface area contributed by atoms with Crippen molar-refractivity contribution >= 4 is 21.6 Å². The summed E-state index contributed by atoms with van der Waals surface area (Å²) in [5.74, 6) is -1.05. The molecule has 128 valence electrons. The Kier molecular flexibility index (Phi) is 5.72. The molecule has 1 aliphatic rings. The minimum Gasteiger partial charge on any atom is -0.330 e. The van der Waals surface area contributed by atoms with Crippen molar-refractivity contribution in [1.29, 1.82) is 0 Å². The van der Waals surface area contributed by atoms with E-state index in [-0.39, 0.29) is 22.5 Å². The smallest absolute Gasteiger partial charge is 0.240 e. The van der Waals surface area contributed by atoms with Gasteiger partial charge in [-0.3, -0.25) is 4.79 Å². The van der Waals surface area contributed by atoms with E-state index in [4.69, 9.17) is 5.73 Å². The van der Waals surface area contributed by atoms with Gasteiger partial charge < -0.3 is 11.1 Å². The van der Waals surface area contributed by atoms with Crippen molar-refractivity contribution in [2.75, 3.05) is 11.9 Å². The SMILES string of the molecule is CC(=O)Nc1cc(S(=O)(=O)NC2CCCCC2CN)ccc1F. The number of rotatable bonds is 5. The van der Waals surface area contributed by atoms with Gasteiger partial charge in [0.05, 0.1) is 10.6 Å². The van der Waals surface area contributed by atoms with E-state index in [0.717, 1.165) is 37.8 Å². The summed E-state index contributed by atoms with van der Waals surface area (Å²) >= 11 is 0. The maximum absolute atomic E-state index is 13.6. The Bertz CT molecular complexity index is 679. The lowest BCUT2D eigenvalue weighted by molar-refractivity contribution is -0.114. The van der Waals surface area contributed by atoms with E-state index in [1.165, 1.54) is 13.0 Å². The zero-order valence-corrected chi connectivity index (χ0v) is 13.8. The normalized spacial score (nSPS) is 21.9. The van der Waals surface area contributed by atoms with Crippen LogP contribution in [-0.2, 0) is 14.8 Å². The fourth-order valence-corrected chi connectivity index (χ4v) is 4.23. The molecule has 23 heavy (non-hydrogen) atoms. The van der Waals surface area contributed by atoms with Crippen LogP contribution in [-0.4, -0.2) is 26.9 Å². The van der Waals surface area contributed by atoms with Crippen molar-refractivity contribution in [3.63, 3.8) is 0 Å². The third-order valence-electron chi connectivity index (χ3n) is 4.08. The summed E-state index contributed by atoms with van der Waals surface area (Å²) in [4.78, 5) is 11.0. The fraction of sp³-hybridized carbons (Fsp3) is 0.533. The largest absolute Gasteiger partial charge is 0.330 e. The number of anilines is 1. The second-order valence-electron chi connectivity index (χ2n) is 5.83.